The quantitative estimate of drug-likeness (QED) is 0.794. The fraction of sp³-hybridized carbons (Fsp3) is 1.00. The number of hydrogen-bond donors (Lipinski definition) is 1. The van der Waals surface area contributed by atoms with Crippen molar-refractivity contribution in [3.05, 3.63) is 0 Å². The largest absolute Gasteiger partial charge is 0.311 e. The van der Waals surface area contributed by atoms with Crippen LogP contribution in [-0.4, -0.2) is 36.6 Å². The highest BCUT2D eigenvalue weighted by atomic mass is 15.2. The summed E-state index contributed by atoms with van der Waals surface area (Å²) in [6.07, 6.45) is 13.1. The molecule has 0 spiro atoms. The number of nitrogens with one attached hydrogen (secondary N) is 1. The molecule has 3 aliphatic rings. The zero-order valence-corrected chi connectivity index (χ0v) is 14.3. The number of nitrogens with zero attached hydrogens (tertiary/aromatic N) is 1. The molecular weight excluding hydrogens is 256 g/mol. The predicted octanol–water partition coefficient (Wildman–Crippen LogP) is 4.06. The Morgan fingerprint density at radius 2 is 1.67 bits per heavy atom. The van der Waals surface area contributed by atoms with E-state index in [9.17, 15) is 0 Å². The standard InChI is InChI=1S/C19H36N2/c1-3-15(4-2)13-21-14-18(16-10-11-16)20-12-19(21)17-8-6-5-7-9-17/h15-20H,3-14H2,1-2H3. The van der Waals surface area contributed by atoms with Gasteiger partial charge < -0.3 is 5.32 Å². The lowest BCUT2D eigenvalue weighted by atomic mass is 9.81. The molecule has 0 aromatic carbocycles. The fourth-order valence-corrected chi connectivity index (χ4v) is 4.74. The van der Waals surface area contributed by atoms with Gasteiger partial charge >= 0.3 is 0 Å². The van der Waals surface area contributed by atoms with E-state index in [0.717, 1.165) is 29.8 Å². The van der Waals surface area contributed by atoms with Gasteiger partial charge in [0.2, 0.25) is 0 Å². The Morgan fingerprint density at radius 1 is 0.952 bits per heavy atom. The van der Waals surface area contributed by atoms with Crippen LogP contribution in [0.5, 0.6) is 0 Å². The van der Waals surface area contributed by atoms with Crippen molar-refractivity contribution < 1.29 is 0 Å². The van der Waals surface area contributed by atoms with Crippen LogP contribution in [0.2, 0.25) is 0 Å². The Hall–Kier alpha value is -0.0800. The normalized spacial score (nSPS) is 32.7. The minimum absolute atomic E-state index is 0.805. The molecule has 1 aliphatic heterocycles. The molecule has 3 rings (SSSR count). The van der Waals surface area contributed by atoms with Gasteiger partial charge in [0, 0.05) is 31.7 Å². The van der Waals surface area contributed by atoms with E-state index in [-0.39, 0.29) is 0 Å². The zero-order valence-electron chi connectivity index (χ0n) is 14.3. The minimum atomic E-state index is 0.805. The predicted molar refractivity (Wildman–Crippen MR) is 90.5 cm³/mol. The molecule has 0 radical (unpaired) electrons. The van der Waals surface area contributed by atoms with Crippen molar-refractivity contribution in [2.75, 3.05) is 19.6 Å². The van der Waals surface area contributed by atoms with E-state index in [4.69, 9.17) is 0 Å². The van der Waals surface area contributed by atoms with Gasteiger partial charge in [0.25, 0.3) is 0 Å². The van der Waals surface area contributed by atoms with Gasteiger partial charge in [-0.15, -0.1) is 0 Å². The molecule has 2 nitrogen and oxygen atoms in total. The van der Waals surface area contributed by atoms with Crippen LogP contribution in [0.25, 0.3) is 0 Å². The molecule has 2 unspecified atom stereocenters. The molecule has 0 bridgehead atoms. The number of rotatable bonds is 6. The van der Waals surface area contributed by atoms with Crippen molar-refractivity contribution >= 4 is 0 Å². The van der Waals surface area contributed by atoms with Gasteiger partial charge in [0.1, 0.15) is 0 Å². The molecule has 2 aliphatic carbocycles. The third-order valence-electron chi connectivity index (χ3n) is 6.52. The smallest absolute Gasteiger partial charge is 0.0249 e. The summed E-state index contributed by atoms with van der Waals surface area (Å²) in [7, 11) is 0. The first-order chi connectivity index (χ1) is 10.3. The van der Waals surface area contributed by atoms with Crippen LogP contribution in [-0.2, 0) is 0 Å². The Kier molecular flexibility index (Phi) is 5.61. The zero-order chi connectivity index (χ0) is 14.7. The fourth-order valence-electron chi connectivity index (χ4n) is 4.74. The highest BCUT2D eigenvalue weighted by molar-refractivity contribution is 4.97. The van der Waals surface area contributed by atoms with E-state index in [2.05, 4.69) is 24.1 Å². The molecule has 2 saturated carbocycles. The van der Waals surface area contributed by atoms with Gasteiger partial charge in [0.15, 0.2) is 0 Å². The maximum atomic E-state index is 3.93. The van der Waals surface area contributed by atoms with Gasteiger partial charge in [-0.05, 0) is 43.4 Å². The van der Waals surface area contributed by atoms with Crippen LogP contribution in [0.15, 0.2) is 0 Å². The topological polar surface area (TPSA) is 15.3 Å². The van der Waals surface area contributed by atoms with Crippen LogP contribution in [0.3, 0.4) is 0 Å². The molecule has 1 saturated heterocycles. The molecule has 0 aromatic rings. The third-order valence-corrected chi connectivity index (χ3v) is 6.52. The van der Waals surface area contributed by atoms with E-state index < -0.39 is 0 Å². The van der Waals surface area contributed by atoms with Crippen molar-refractivity contribution in [1.29, 1.82) is 0 Å². The molecule has 21 heavy (non-hydrogen) atoms. The third kappa shape index (κ3) is 4.01. The van der Waals surface area contributed by atoms with Gasteiger partial charge in [-0.3, -0.25) is 4.90 Å². The molecule has 0 amide bonds. The summed E-state index contributed by atoms with van der Waals surface area (Å²) in [5.41, 5.74) is 0. The SMILES string of the molecule is CCC(CC)CN1CC(C2CC2)NCC1C1CCCCC1. The van der Waals surface area contributed by atoms with Crippen molar-refractivity contribution in [1.82, 2.24) is 10.2 Å². The van der Waals surface area contributed by atoms with E-state index in [1.807, 2.05) is 0 Å². The molecular formula is C19H36N2. The maximum absolute atomic E-state index is 3.93. The van der Waals surface area contributed by atoms with E-state index in [0.29, 0.717) is 0 Å². The van der Waals surface area contributed by atoms with Crippen molar-refractivity contribution in [3.63, 3.8) is 0 Å². The van der Waals surface area contributed by atoms with Gasteiger partial charge in [-0.25, -0.2) is 0 Å². The second-order valence-electron chi connectivity index (χ2n) is 7.95. The molecule has 1 N–H and O–H groups in total. The maximum Gasteiger partial charge on any atom is 0.0249 e. The monoisotopic (exact) mass is 292 g/mol. The average molecular weight is 293 g/mol. The lowest BCUT2D eigenvalue weighted by Crippen LogP contribution is -2.60. The molecule has 1 heterocycles. The number of hydrogen-bond acceptors (Lipinski definition) is 2. The summed E-state index contributed by atoms with van der Waals surface area (Å²) in [6, 6.07) is 1.64. The first-order valence-corrected chi connectivity index (χ1v) is 9.79. The Bertz CT molecular complexity index is 301. The van der Waals surface area contributed by atoms with Crippen LogP contribution in [0.4, 0.5) is 0 Å². The highest BCUT2D eigenvalue weighted by Crippen LogP contribution is 2.37. The molecule has 3 fully saturated rings. The van der Waals surface area contributed by atoms with Crippen LogP contribution in [0.1, 0.15) is 71.6 Å². The molecule has 2 atom stereocenters. The highest BCUT2D eigenvalue weighted by Gasteiger charge is 2.39. The van der Waals surface area contributed by atoms with Gasteiger partial charge in [-0.2, -0.15) is 0 Å². The second-order valence-corrected chi connectivity index (χ2v) is 7.95. The molecule has 122 valence electrons. The van der Waals surface area contributed by atoms with Crippen LogP contribution >= 0.6 is 0 Å². The summed E-state index contributed by atoms with van der Waals surface area (Å²) >= 11 is 0. The van der Waals surface area contributed by atoms with Gasteiger partial charge in [0.05, 0.1) is 0 Å². The summed E-state index contributed by atoms with van der Waals surface area (Å²) in [5.74, 6) is 2.89. The number of piperazine rings is 1. The lowest BCUT2D eigenvalue weighted by molar-refractivity contribution is 0.0525. The van der Waals surface area contributed by atoms with E-state index in [1.165, 1.54) is 77.4 Å². The molecule has 2 heteroatoms. The van der Waals surface area contributed by atoms with Crippen LogP contribution in [0, 0.1) is 17.8 Å². The minimum Gasteiger partial charge on any atom is -0.311 e. The van der Waals surface area contributed by atoms with Crippen molar-refractivity contribution in [2.24, 2.45) is 17.8 Å². The lowest BCUT2D eigenvalue weighted by Gasteiger charge is -2.46. The second kappa shape index (κ2) is 7.46. The van der Waals surface area contributed by atoms with E-state index in [1.54, 1.807) is 0 Å². The first-order valence-electron chi connectivity index (χ1n) is 9.79. The Morgan fingerprint density at radius 3 is 2.29 bits per heavy atom. The van der Waals surface area contributed by atoms with Gasteiger partial charge in [-0.1, -0.05) is 46.0 Å². The molecule has 0 aromatic heterocycles. The summed E-state index contributed by atoms with van der Waals surface area (Å²) < 4.78 is 0. The van der Waals surface area contributed by atoms with Crippen molar-refractivity contribution in [3.8, 4) is 0 Å². The Labute approximate surface area is 132 Å². The van der Waals surface area contributed by atoms with Crippen molar-refractivity contribution in [2.45, 2.75) is 83.7 Å². The van der Waals surface area contributed by atoms with E-state index >= 15 is 0 Å². The van der Waals surface area contributed by atoms with Crippen LogP contribution < -0.4 is 5.32 Å². The first kappa shape index (κ1) is 15.8. The summed E-state index contributed by atoms with van der Waals surface area (Å²) in [5, 5.41) is 3.93. The average Bonchev–Trinajstić information content (AvgIpc) is 3.38. The summed E-state index contributed by atoms with van der Waals surface area (Å²) in [6.45, 7) is 8.72. The Balaban J connectivity index is 1.63. The summed E-state index contributed by atoms with van der Waals surface area (Å²) in [4.78, 5) is 2.92.